The summed E-state index contributed by atoms with van der Waals surface area (Å²) in [7, 11) is 0. The quantitative estimate of drug-likeness (QED) is 0.379. The molecule has 0 unspecified atom stereocenters. The maximum Gasteiger partial charge on any atom is 0.234 e. The minimum Gasteiger partial charge on any atom is -0.454 e. The van der Waals surface area contributed by atoms with E-state index in [0.717, 1.165) is 11.4 Å². The summed E-state index contributed by atoms with van der Waals surface area (Å²) in [5.74, 6) is 1.45. The average Bonchev–Trinajstić information content (AvgIpc) is 3.42. The lowest BCUT2D eigenvalue weighted by Crippen LogP contribution is -2.16. The second kappa shape index (κ2) is 9.50. The van der Waals surface area contributed by atoms with Crippen LogP contribution in [-0.2, 0) is 16.8 Å². The number of hydrogen-bond donors (Lipinski definition) is 1. The fraction of sp³-hybridized carbons (Fsp3) is 0.360. The zero-order valence-corrected chi connectivity index (χ0v) is 20.8. The van der Waals surface area contributed by atoms with Crippen LogP contribution in [0.2, 0.25) is 0 Å². The molecule has 2 aromatic carbocycles. The number of hydrogen-bond acceptors (Lipinski definition) is 7. The van der Waals surface area contributed by atoms with Crippen LogP contribution in [0, 0.1) is 0 Å². The molecule has 0 saturated carbocycles. The van der Waals surface area contributed by atoms with Crippen molar-refractivity contribution in [1.82, 2.24) is 14.8 Å². The molecule has 1 aliphatic heterocycles. The third kappa shape index (κ3) is 4.94. The summed E-state index contributed by atoms with van der Waals surface area (Å²) < 4.78 is 12.7. The first-order valence-corrected chi connectivity index (χ1v) is 12.1. The predicted octanol–water partition coefficient (Wildman–Crippen LogP) is 4.92. The van der Waals surface area contributed by atoms with Crippen LogP contribution in [0.1, 0.15) is 50.5 Å². The Morgan fingerprint density at radius 1 is 1.09 bits per heavy atom. The molecule has 1 aliphatic rings. The van der Waals surface area contributed by atoms with Gasteiger partial charge >= 0.3 is 0 Å². The topological polar surface area (TPSA) is 95.3 Å². The smallest absolute Gasteiger partial charge is 0.234 e. The number of benzene rings is 2. The first-order valence-electron chi connectivity index (χ1n) is 11.1. The molecule has 0 spiro atoms. The molecule has 1 N–H and O–H groups in total. The van der Waals surface area contributed by atoms with E-state index in [1.807, 2.05) is 11.5 Å². The van der Waals surface area contributed by atoms with E-state index in [1.54, 1.807) is 12.1 Å². The Balaban J connectivity index is 1.47. The lowest BCUT2D eigenvalue weighted by molar-refractivity contribution is -0.113. The van der Waals surface area contributed by atoms with Crippen molar-refractivity contribution in [2.45, 2.75) is 51.7 Å². The van der Waals surface area contributed by atoms with Crippen molar-refractivity contribution in [2.75, 3.05) is 17.9 Å². The molecule has 0 saturated heterocycles. The molecule has 9 heteroatoms. The summed E-state index contributed by atoms with van der Waals surface area (Å²) in [6, 6.07) is 11.6. The van der Waals surface area contributed by atoms with E-state index in [2.05, 4.69) is 60.6 Å². The van der Waals surface area contributed by atoms with Gasteiger partial charge in [-0.1, -0.05) is 56.8 Å². The van der Waals surface area contributed by atoms with E-state index in [1.165, 1.54) is 24.2 Å². The summed E-state index contributed by atoms with van der Waals surface area (Å²) in [5.41, 5.74) is 3.08. The third-order valence-electron chi connectivity index (χ3n) is 5.54. The summed E-state index contributed by atoms with van der Waals surface area (Å²) in [4.78, 5) is 24.7. The Hall–Kier alpha value is -3.33. The number of nitrogens with one attached hydrogen (secondary N) is 1. The van der Waals surface area contributed by atoms with E-state index in [4.69, 9.17) is 9.47 Å². The highest BCUT2D eigenvalue weighted by molar-refractivity contribution is 7.99. The number of Topliss-reactive ketones (excluding diaryl/α,β-unsaturated/α-hetero) is 1. The number of carbonyl (C=O) groups is 2. The van der Waals surface area contributed by atoms with Crippen LogP contribution in [0.5, 0.6) is 11.5 Å². The van der Waals surface area contributed by atoms with Crippen LogP contribution in [-0.4, -0.2) is 39.0 Å². The number of ketones is 1. The highest BCUT2D eigenvalue weighted by Gasteiger charge is 2.21. The monoisotopic (exact) mass is 480 g/mol. The SMILES string of the molecule is CCn1c(SCC(=O)Nc2cc3c(cc2C(C)=O)OCO3)nnc1-c1ccc(C(C)(C)C)cc1. The number of aromatic nitrogens is 3. The molecule has 8 nitrogen and oxygen atoms in total. The maximum absolute atomic E-state index is 12.7. The normalized spacial score (nSPS) is 12.6. The number of thioether (sulfide) groups is 1. The van der Waals surface area contributed by atoms with Crippen molar-refractivity contribution in [2.24, 2.45) is 0 Å². The minimum atomic E-state index is -0.256. The fourth-order valence-corrected chi connectivity index (χ4v) is 4.47. The van der Waals surface area contributed by atoms with E-state index in [0.29, 0.717) is 34.5 Å². The van der Waals surface area contributed by atoms with Crippen molar-refractivity contribution >= 4 is 29.1 Å². The second-order valence-corrected chi connectivity index (χ2v) is 9.96. The van der Waals surface area contributed by atoms with Crippen molar-refractivity contribution in [3.63, 3.8) is 0 Å². The van der Waals surface area contributed by atoms with Gasteiger partial charge in [-0.3, -0.25) is 9.59 Å². The highest BCUT2D eigenvalue weighted by atomic mass is 32.2. The predicted molar refractivity (Wildman–Crippen MR) is 132 cm³/mol. The number of anilines is 1. The maximum atomic E-state index is 12.7. The van der Waals surface area contributed by atoms with E-state index in [-0.39, 0.29) is 29.7 Å². The molecule has 3 aromatic rings. The van der Waals surface area contributed by atoms with Crippen molar-refractivity contribution < 1.29 is 19.1 Å². The molecule has 1 aromatic heterocycles. The largest absolute Gasteiger partial charge is 0.454 e. The summed E-state index contributed by atoms with van der Waals surface area (Å²) in [5, 5.41) is 12.2. The van der Waals surface area contributed by atoms with Gasteiger partial charge in [-0.15, -0.1) is 10.2 Å². The average molecular weight is 481 g/mol. The molecule has 0 aliphatic carbocycles. The lowest BCUT2D eigenvalue weighted by atomic mass is 9.87. The van der Waals surface area contributed by atoms with Gasteiger partial charge in [0.05, 0.1) is 11.4 Å². The molecular weight excluding hydrogens is 452 g/mol. The van der Waals surface area contributed by atoms with Crippen LogP contribution < -0.4 is 14.8 Å². The molecule has 0 fully saturated rings. The van der Waals surface area contributed by atoms with Crippen LogP contribution in [0.25, 0.3) is 11.4 Å². The zero-order valence-electron chi connectivity index (χ0n) is 20.0. The summed E-state index contributed by atoms with van der Waals surface area (Å²) >= 11 is 1.30. The number of amides is 1. The van der Waals surface area contributed by atoms with Crippen LogP contribution >= 0.6 is 11.8 Å². The molecule has 0 atom stereocenters. The first kappa shape index (κ1) is 23.8. The number of rotatable bonds is 7. The molecule has 4 rings (SSSR count). The molecule has 34 heavy (non-hydrogen) atoms. The Morgan fingerprint density at radius 3 is 2.38 bits per heavy atom. The molecule has 0 bridgehead atoms. The van der Waals surface area contributed by atoms with Crippen molar-refractivity contribution in [3.8, 4) is 22.9 Å². The van der Waals surface area contributed by atoms with Gasteiger partial charge in [-0.05, 0) is 30.9 Å². The van der Waals surface area contributed by atoms with Gasteiger partial charge in [-0.25, -0.2) is 0 Å². The van der Waals surface area contributed by atoms with Crippen molar-refractivity contribution in [1.29, 1.82) is 0 Å². The number of nitrogens with zero attached hydrogens (tertiary/aromatic N) is 3. The Bertz CT molecular complexity index is 1230. The second-order valence-electron chi connectivity index (χ2n) is 9.02. The van der Waals surface area contributed by atoms with Gasteiger partial charge in [0.1, 0.15) is 0 Å². The molecule has 1 amide bonds. The molecule has 0 radical (unpaired) electrons. The zero-order chi connectivity index (χ0) is 24.5. The van der Waals surface area contributed by atoms with E-state index >= 15 is 0 Å². The minimum absolute atomic E-state index is 0.0750. The van der Waals surface area contributed by atoms with Gasteiger partial charge in [0.25, 0.3) is 0 Å². The number of carbonyl (C=O) groups excluding carboxylic acids is 2. The third-order valence-corrected chi connectivity index (χ3v) is 6.51. The van der Waals surface area contributed by atoms with Gasteiger partial charge in [0.2, 0.25) is 12.7 Å². The summed E-state index contributed by atoms with van der Waals surface area (Å²) in [6.45, 7) is 10.8. The van der Waals surface area contributed by atoms with Crippen LogP contribution in [0.4, 0.5) is 5.69 Å². The highest BCUT2D eigenvalue weighted by Crippen LogP contribution is 2.37. The van der Waals surface area contributed by atoms with Gasteiger partial charge in [0, 0.05) is 23.7 Å². The van der Waals surface area contributed by atoms with E-state index in [9.17, 15) is 9.59 Å². The lowest BCUT2D eigenvalue weighted by Gasteiger charge is -2.19. The van der Waals surface area contributed by atoms with Crippen LogP contribution in [0.3, 0.4) is 0 Å². The van der Waals surface area contributed by atoms with Gasteiger partial charge in [0.15, 0.2) is 28.3 Å². The number of fused-ring (bicyclic) bond motifs is 1. The van der Waals surface area contributed by atoms with Gasteiger partial charge in [-0.2, -0.15) is 0 Å². The molecular formula is C25H28N4O4S. The Morgan fingerprint density at radius 2 is 1.76 bits per heavy atom. The number of ether oxygens (including phenoxy) is 2. The first-order chi connectivity index (χ1) is 16.2. The van der Waals surface area contributed by atoms with Crippen molar-refractivity contribution in [3.05, 3.63) is 47.5 Å². The Kier molecular flexibility index (Phi) is 6.65. The van der Waals surface area contributed by atoms with Gasteiger partial charge < -0.3 is 19.4 Å². The molecule has 2 heterocycles. The summed E-state index contributed by atoms with van der Waals surface area (Å²) in [6.07, 6.45) is 0. The van der Waals surface area contributed by atoms with E-state index < -0.39 is 0 Å². The molecule has 178 valence electrons. The van der Waals surface area contributed by atoms with Crippen LogP contribution in [0.15, 0.2) is 41.6 Å². The fourth-order valence-electron chi connectivity index (χ4n) is 3.67. The standard InChI is InChI=1S/C25H28N4O4S/c1-6-29-23(16-7-9-17(10-8-16)25(3,4)5)27-28-24(29)34-13-22(31)26-19-12-21-20(32-14-33-21)11-18(19)15(2)30/h7-12H,6,13-14H2,1-5H3,(H,26,31). The Labute approximate surface area is 203 Å².